The number of aromatic nitrogens is 1. The first-order valence-corrected chi connectivity index (χ1v) is 12.0. The van der Waals surface area contributed by atoms with Crippen molar-refractivity contribution in [3.63, 3.8) is 0 Å². The van der Waals surface area contributed by atoms with Gasteiger partial charge in [0.1, 0.15) is 18.5 Å². The maximum Gasteiger partial charge on any atom is 0.332 e. The number of hydrogen-bond donors (Lipinski definition) is 1. The Bertz CT molecular complexity index is 580. The minimum Gasteiger partial charge on any atom is -0.427 e. The summed E-state index contributed by atoms with van der Waals surface area (Å²) < 4.78 is 13.2. The highest BCUT2D eigenvalue weighted by atomic mass is 28.3. The van der Waals surface area contributed by atoms with Gasteiger partial charge in [-0.1, -0.05) is 19.6 Å². The van der Waals surface area contributed by atoms with Crippen LogP contribution in [0.4, 0.5) is 0 Å². The Morgan fingerprint density at radius 2 is 1.92 bits per heavy atom. The Kier molecular flexibility index (Phi) is 6.88. The van der Waals surface area contributed by atoms with Gasteiger partial charge in [0.2, 0.25) is 0 Å². The zero-order chi connectivity index (χ0) is 18.6. The van der Waals surface area contributed by atoms with Crippen LogP contribution in [0, 0.1) is 11.3 Å². The van der Waals surface area contributed by atoms with Crippen molar-refractivity contribution in [3.8, 4) is 6.07 Å². The van der Waals surface area contributed by atoms with Crippen molar-refractivity contribution in [2.24, 2.45) is 0 Å². The molecule has 0 fully saturated rings. The van der Waals surface area contributed by atoms with Crippen molar-refractivity contribution in [2.75, 3.05) is 6.61 Å². The molecular weight excluding hydrogens is 319 g/mol. The van der Waals surface area contributed by atoms with Gasteiger partial charge < -0.3 is 19.1 Å². The highest BCUT2D eigenvalue weighted by Crippen LogP contribution is 2.24. The lowest BCUT2D eigenvalue weighted by Gasteiger charge is -2.37. The molecule has 0 atom stereocenters. The van der Waals surface area contributed by atoms with E-state index in [9.17, 15) is 10.4 Å². The van der Waals surface area contributed by atoms with Crippen LogP contribution in [-0.4, -0.2) is 43.0 Å². The first-order chi connectivity index (χ1) is 10.9. The summed E-state index contributed by atoms with van der Waals surface area (Å²) in [5.41, 5.74) is -0.420. The third-order valence-electron chi connectivity index (χ3n) is 4.22. The zero-order valence-electron chi connectivity index (χ0n) is 16.0. The average Bonchev–Trinajstić information content (AvgIpc) is 2.81. The van der Waals surface area contributed by atoms with Crippen molar-refractivity contribution in [2.45, 2.75) is 71.3 Å². The van der Waals surface area contributed by atoms with E-state index in [-0.39, 0.29) is 0 Å². The van der Waals surface area contributed by atoms with E-state index >= 15 is 0 Å². The topological polar surface area (TPSA) is 67.4 Å². The monoisotopic (exact) mass is 349 g/mol. The molecule has 0 aromatic carbocycles. The number of aliphatic hydroxyl groups is 1. The molecule has 0 amide bonds. The lowest BCUT2D eigenvalue weighted by molar-refractivity contribution is -0.0893. The highest BCUT2D eigenvalue weighted by molar-refractivity contribution is 6.76. The van der Waals surface area contributed by atoms with E-state index in [0.717, 1.165) is 11.5 Å². The number of hydrogen-bond acceptors (Lipinski definition) is 4. The molecule has 0 spiro atoms. The smallest absolute Gasteiger partial charge is 0.332 e. The molecule has 0 aliphatic rings. The minimum absolute atomic E-state index is 0.357. The molecule has 1 aromatic heterocycles. The Labute approximate surface area is 147 Å². The number of nitriles is 1. The minimum atomic E-state index is -1.11. The molecule has 0 saturated heterocycles. The largest absolute Gasteiger partial charge is 0.427 e. The Hall–Kier alpha value is -1.07. The highest BCUT2D eigenvalue weighted by Gasteiger charge is 2.35. The predicted octanol–water partition coefficient (Wildman–Crippen LogP) is 2.48. The molecule has 133 valence electrons. The van der Waals surface area contributed by atoms with Gasteiger partial charge in [0.05, 0.1) is 11.2 Å². The standard InChI is InChI=1S/C17H30BN2O3Si/c1-16(2,21)17(3,4)23-18-14-10-15(11-19)20(12-14)13-22-8-9-24(5,6)7/h10,12,21H,8-9,13H2,1-7H3. The third kappa shape index (κ3) is 6.44. The van der Waals surface area contributed by atoms with Crippen LogP contribution in [0.3, 0.4) is 0 Å². The molecule has 1 N–H and O–H groups in total. The fourth-order valence-corrected chi connectivity index (χ4v) is 2.45. The molecular formula is C17H30BN2O3Si. The van der Waals surface area contributed by atoms with Crippen LogP contribution in [0.5, 0.6) is 0 Å². The van der Waals surface area contributed by atoms with Crippen molar-refractivity contribution in [3.05, 3.63) is 18.0 Å². The lowest BCUT2D eigenvalue weighted by Crippen LogP contribution is -2.49. The van der Waals surface area contributed by atoms with Crippen LogP contribution in [0.25, 0.3) is 0 Å². The molecule has 1 heterocycles. The van der Waals surface area contributed by atoms with E-state index in [1.54, 1.807) is 32.0 Å². The summed E-state index contributed by atoms with van der Waals surface area (Å²) in [6.45, 7) is 15.1. The fraction of sp³-hybridized carbons (Fsp3) is 0.706. The molecule has 1 rings (SSSR count). The Morgan fingerprint density at radius 1 is 1.29 bits per heavy atom. The first-order valence-electron chi connectivity index (χ1n) is 8.27. The van der Waals surface area contributed by atoms with Gasteiger partial charge in [-0.25, -0.2) is 0 Å². The van der Waals surface area contributed by atoms with E-state index in [1.165, 1.54) is 0 Å². The van der Waals surface area contributed by atoms with Gasteiger partial charge >= 0.3 is 7.48 Å². The Balaban J connectivity index is 2.64. The van der Waals surface area contributed by atoms with E-state index in [0.29, 0.717) is 19.0 Å². The number of nitrogens with zero attached hydrogens (tertiary/aromatic N) is 2. The maximum absolute atomic E-state index is 10.1. The summed E-state index contributed by atoms with van der Waals surface area (Å²) in [5.74, 6) is 0. The normalized spacial score (nSPS) is 13.0. The van der Waals surface area contributed by atoms with Gasteiger partial charge in [0, 0.05) is 20.9 Å². The van der Waals surface area contributed by atoms with Crippen LogP contribution >= 0.6 is 0 Å². The summed E-state index contributed by atoms with van der Waals surface area (Å²) in [6.07, 6.45) is 1.83. The predicted molar refractivity (Wildman–Crippen MR) is 100 cm³/mol. The summed E-state index contributed by atoms with van der Waals surface area (Å²) in [4.78, 5) is 0. The molecule has 0 aliphatic carbocycles. The molecule has 1 aromatic rings. The summed E-state index contributed by atoms with van der Waals surface area (Å²) in [7, 11) is 0.468. The van der Waals surface area contributed by atoms with E-state index < -0.39 is 19.3 Å². The van der Waals surface area contributed by atoms with Gasteiger partial charge in [-0.15, -0.1) is 0 Å². The van der Waals surface area contributed by atoms with Crippen molar-refractivity contribution in [1.29, 1.82) is 5.26 Å². The van der Waals surface area contributed by atoms with E-state index in [2.05, 4.69) is 25.7 Å². The summed E-state index contributed by atoms with van der Waals surface area (Å²) >= 11 is 0. The van der Waals surface area contributed by atoms with Crippen LogP contribution in [0.1, 0.15) is 33.4 Å². The van der Waals surface area contributed by atoms with Crippen LogP contribution in [0.2, 0.25) is 25.7 Å². The van der Waals surface area contributed by atoms with E-state index in [1.807, 2.05) is 20.0 Å². The second kappa shape index (κ2) is 7.87. The Morgan fingerprint density at radius 3 is 2.42 bits per heavy atom. The van der Waals surface area contributed by atoms with Crippen molar-refractivity contribution >= 4 is 21.0 Å². The van der Waals surface area contributed by atoms with E-state index in [4.69, 9.17) is 9.39 Å². The fourth-order valence-electron chi connectivity index (χ4n) is 1.70. The molecule has 24 heavy (non-hydrogen) atoms. The molecule has 1 radical (unpaired) electrons. The van der Waals surface area contributed by atoms with Gasteiger partial charge in [0.15, 0.2) is 0 Å². The SMILES string of the molecule is CC(C)(O)C(C)(C)O[B]c1cc(C#N)n(COCC[Si](C)(C)C)c1. The first kappa shape index (κ1) is 21.0. The summed E-state index contributed by atoms with van der Waals surface area (Å²) in [6, 6.07) is 5.01. The second-order valence-corrected chi connectivity index (χ2v) is 14.0. The van der Waals surface area contributed by atoms with Gasteiger partial charge in [-0.2, -0.15) is 5.26 Å². The molecule has 0 unspecified atom stereocenters. The maximum atomic E-state index is 10.1. The van der Waals surface area contributed by atoms with Crippen LogP contribution < -0.4 is 5.46 Å². The number of ether oxygens (including phenoxy) is 1. The number of rotatable bonds is 9. The molecule has 0 bridgehead atoms. The second-order valence-electron chi connectivity index (χ2n) is 8.39. The van der Waals surface area contributed by atoms with Gasteiger partial charge in [0.25, 0.3) is 0 Å². The summed E-state index contributed by atoms with van der Waals surface area (Å²) in [5, 5.41) is 19.4. The van der Waals surface area contributed by atoms with Crippen molar-refractivity contribution in [1.82, 2.24) is 4.57 Å². The molecule has 5 nitrogen and oxygen atoms in total. The average molecular weight is 349 g/mol. The third-order valence-corrected chi connectivity index (χ3v) is 5.93. The quantitative estimate of drug-likeness (QED) is 0.549. The van der Waals surface area contributed by atoms with Crippen LogP contribution in [0.15, 0.2) is 12.3 Å². The molecule has 7 heteroatoms. The zero-order valence-corrected chi connectivity index (χ0v) is 17.0. The lowest BCUT2D eigenvalue weighted by atomic mass is 9.84. The van der Waals surface area contributed by atoms with Crippen LogP contribution in [-0.2, 0) is 16.1 Å². The van der Waals surface area contributed by atoms with Gasteiger partial charge in [-0.3, -0.25) is 0 Å². The molecule has 0 aliphatic heterocycles. The van der Waals surface area contributed by atoms with Crippen molar-refractivity contribution < 1.29 is 14.5 Å². The molecule has 0 saturated carbocycles. The van der Waals surface area contributed by atoms with Gasteiger partial charge in [-0.05, 0) is 45.3 Å².